The Balaban J connectivity index is 1.57. The van der Waals surface area contributed by atoms with Crippen LogP contribution in [0.5, 0.6) is 5.75 Å². The van der Waals surface area contributed by atoms with Gasteiger partial charge < -0.3 is 20.1 Å². The summed E-state index contributed by atoms with van der Waals surface area (Å²) in [5.41, 5.74) is 1.87. The third kappa shape index (κ3) is 4.47. The van der Waals surface area contributed by atoms with Gasteiger partial charge in [0.1, 0.15) is 17.3 Å². The summed E-state index contributed by atoms with van der Waals surface area (Å²) >= 11 is 15.0. The summed E-state index contributed by atoms with van der Waals surface area (Å²) in [5, 5.41) is 7.34. The van der Waals surface area contributed by atoms with Gasteiger partial charge in [0.25, 0.3) is 0 Å². The third-order valence-corrected chi connectivity index (χ3v) is 8.89. The van der Waals surface area contributed by atoms with Gasteiger partial charge >= 0.3 is 0 Å². The number of benzene rings is 3. The van der Waals surface area contributed by atoms with E-state index in [0.29, 0.717) is 34.7 Å². The number of piperidine rings is 1. The zero-order valence-corrected chi connectivity index (χ0v) is 24.0. The molecule has 3 heterocycles. The molecular weight excluding hydrogens is 638 g/mol. The molecule has 0 bridgehead atoms. The number of rotatable bonds is 4. The van der Waals surface area contributed by atoms with Crippen molar-refractivity contribution in [2.45, 2.75) is 42.7 Å². The van der Waals surface area contributed by atoms with Crippen molar-refractivity contribution in [2.24, 2.45) is 0 Å². The highest BCUT2D eigenvalue weighted by Gasteiger charge is 2.61. The van der Waals surface area contributed by atoms with Crippen LogP contribution in [0.25, 0.3) is 0 Å². The highest BCUT2D eigenvalue weighted by atomic mass is 127. The van der Waals surface area contributed by atoms with Crippen molar-refractivity contribution < 1.29 is 19.1 Å². The van der Waals surface area contributed by atoms with E-state index in [-0.39, 0.29) is 24.3 Å². The second kappa shape index (κ2) is 10.3. The van der Waals surface area contributed by atoms with Crippen LogP contribution in [0, 0.1) is 3.57 Å². The van der Waals surface area contributed by atoms with Gasteiger partial charge in [-0.15, -0.1) is 0 Å². The van der Waals surface area contributed by atoms with Gasteiger partial charge in [-0.3, -0.25) is 9.59 Å². The second-order valence-electron chi connectivity index (χ2n) is 9.94. The first-order valence-corrected chi connectivity index (χ1v) is 14.4. The van der Waals surface area contributed by atoms with Crippen molar-refractivity contribution in [3.8, 4) is 5.75 Å². The highest BCUT2D eigenvalue weighted by molar-refractivity contribution is 14.1. The van der Waals surface area contributed by atoms with Crippen molar-refractivity contribution in [1.82, 2.24) is 5.32 Å². The fraction of sp³-hybridized carbons (Fsp3) is 0.310. The van der Waals surface area contributed by atoms with E-state index >= 15 is 0 Å². The summed E-state index contributed by atoms with van der Waals surface area (Å²) in [6.07, 6.45) is 1.68. The molecule has 0 aliphatic carbocycles. The van der Waals surface area contributed by atoms with Crippen LogP contribution < -0.4 is 15.4 Å². The lowest BCUT2D eigenvalue weighted by atomic mass is 9.59. The Labute approximate surface area is 244 Å². The number of anilines is 1. The smallest absolute Gasteiger partial charge is 0.238 e. The van der Waals surface area contributed by atoms with Crippen LogP contribution in [0.2, 0.25) is 10.0 Å². The Morgan fingerprint density at radius 1 is 0.974 bits per heavy atom. The largest absolute Gasteiger partial charge is 0.490 e. The number of ether oxygens (including phenoxy) is 2. The van der Waals surface area contributed by atoms with Gasteiger partial charge in [0, 0.05) is 50.0 Å². The minimum absolute atomic E-state index is 0.00923. The number of carbonyl (C=O) groups is 2. The first-order chi connectivity index (χ1) is 18.4. The maximum atomic E-state index is 14.3. The van der Waals surface area contributed by atoms with E-state index in [4.69, 9.17) is 32.7 Å². The van der Waals surface area contributed by atoms with E-state index in [1.807, 2.05) is 42.5 Å². The van der Waals surface area contributed by atoms with Crippen molar-refractivity contribution in [2.75, 3.05) is 18.5 Å². The number of hydrogen-bond acceptors (Lipinski definition) is 4. The number of fused-ring (bicyclic) bond motifs is 2. The number of hydrogen-bond donors (Lipinski definition) is 2. The van der Waals surface area contributed by atoms with Crippen LogP contribution in [0.15, 0.2) is 60.7 Å². The molecule has 6 rings (SSSR count). The number of carbonyl (C=O) groups excluding carboxylic acids is 2. The van der Waals surface area contributed by atoms with Crippen LogP contribution in [0.3, 0.4) is 0 Å². The minimum Gasteiger partial charge on any atom is -0.490 e. The van der Waals surface area contributed by atoms with E-state index in [1.54, 1.807) is 18.2 Å². The lowest BCUT2D eigenvalue weighted by Crippen LogP contribution is -2.57. The maximum Gasteiger partial charge on any atom is 0.238 e. The van der Waals surface area contributed by atoms with E-state index in [0.717, 1.165) is 33.1 Å². The standard InChI is InChI=1S/C29H25Cl2IN2O4/c30-17-3-1-2-16(12-17)23-15-26(35)34-27(29(23)22-6-4-18(31)13-24(22)33-28(29)36)21-14-19(32)5-7-25(21)38-20-8-10-37-11-9-20/h1-7,12-14,20,23,27H,8-11,15H2,(H,33,36)(H,34,35)/t23-,27+,29-/m0/s1. The van der Waals surface area contributed by atoms with E-state index < -0.39 is 17.4 Å². The average Bonchev–Trinajstić information content (AvgIpc) is 3.18. The van der Waals surface area contributed by atoms with Crippen LogP contribution in [0.1, 0.15) is 47.9 Å². The number of nitrogens with one attached hydrogen (secondary N) is 2. The van der Waals surface area contributed by atoms with Gasteiger partial charge in [0.2, 0.25) is 11.8 Å². The molecule has 2 N–H and O–H groups in total. The predicted octanol–water partition coefficient (Wildman–Crippen LogP) is 6.39. The summed E-state index contributed by atoms with van der Waals surface area (Å²) in [5.74, 6) is -0.155. The monoisotopic (exact) mass is 662 g/mol. The predicted molar refractivity (Wildman–Crippen MR) is 155 cm³/mol. The minimum atomic E-state index is -1.16. The van der Waals surface area contributed by atoms with Crippen LogP contribution in [-0.2, 0) is 19.7 Å². The Morgan fingerprint density at radius 3 is 2.55 bits per heavy atom. The molecule has 6 nitrogen and oxygen atoms in total. The second-order valence-corrected chi connectivity index (χ2v) is 12.1. The lowest BCUT2D eigenvalue weighted by molar-refractivity contribution is -0.131. The van der Waals surface area contributed by atoms with Gasteiger partial charge in [0.15, 0.2) is 0 Å². The molecule has 0 unspecified atom stereocenters. The molecule has 3 atom stereocenters. The SMILES string of the molecule is O=C1C[C@@H](c2cccc(Cl)c2)[C@]2(C(=O)Nc3cc(Cl)ccc32)[C@@H](c2cc(I)ccc2OC2CCOCC2)N1. The molecule has 1 spiro atoms. The Kier molecular flexibility index (Phi) is 7.05. The van der Waals surface area contributed by atoms with Crippen molar-refractivity contribution >= 4 is 63.3 Å². The van der Waals surface area contributed by atoms with E-state index in [9.17, 15) is 9.59 Å². The Hall–Kier alpha value is -2.33. The van der Waals surface area contributed by atoms with Gasteiger partial charge in [-0.1, -0.05) is 41.4 Å². The third-order valence-electron chi connectivity index (χ3n) is 7.75. The molecule has 38 heavy (non-hydrogen) atoms. The van der Waals surface area contributed by atoms with Crippen LogP contribution >= 0.6 is 45.8 Å². The van der Waals surface area contributed by atoms with E-state index in [1.165, 1.54) is 0 Å². The van der Waals surface area contributed by atoms with E-state index in [2.05, 4.69) is 33.2 Å². The normalized spacial score (nSPS) is 25.1. The molecule has 3 aliphatic heterocycles. The maximum absolute atomic E-state index is 14.3. The van der Waals surface area contributed by atoms with Crippen molar-refractivity contribution in [3.63, 3.8) is 0 Å². The lowest BCUT2D eigenvalue weighted by Gasteiger charge is -2.46. The average molecular weight is 663 g/mol. The summed E-state index contributed by atoms with van der Waals surface area (Å²) in [6, 6.07) is 18.1. The molecule has 2 saturated heterocycles. The molecule has 2 amide bonds. The first kappa shape index (κ1) is 25.9. The van der Waals surface area contributed by atoms with Gasteiger partial charge in [-0.25, -0.2) is 0 Å². The molecule has 0 radical (unpaired) electrons. The highest BCUT2D eigenvalue weighted by Crippen LogP contribution is 2.58. The first-order valence-electron chi connectivity index (χ1n) is 12.6. The molecule has 2 fully saturated rings. The zero-order valence-electron chi connectivity index (χ0n) is 20.3. The Bertz CT molecular complexity index is 1430. The van der Waals surface area contributed by atoms with Gasteiger partial charge in [-0.05, 0) is 76.2 Å². The molecule has 9 heteroatoms. The number of halogens is 3. The molecule has 3 aromatic rings. The Morgan fingerprint density at radius 2 is 1.76 bits per heavy atom. The molecule has 3 aliphatic rings. The summed E-state index contributed by atoms with van der Waals surface area (Å²) < 4.78 is 13.0. The zero-order chi connectivity index (χ0) is 26.4. The fourth-order valence-electron chi connectivity index (χ4n) is 6.10. The quantitative estimate of drug-likeness (QED) is 0.318. The fourth-order valence-corrected chi connectivity index (χ4v) is 6.98. The molecule has 3 aromatic carbocycles. The van der Waals surface area contributed by atoms with Gasteiger partial charge in [0.05, 0.1) is 19.3 Å². The van der Waals surface area contributed by atoms with Crippen LogP contribution in [0.4, 0.5) is 5.69 Å². The molecule has 0 aromatic heterocycles. The molecule has 196 valence electrons. The van der Waals surface area contributed by atoms with Crippen LogP contribution in [-0.4, -0.2) is 31.1 Å². The summed E-state index contributed by atoms with van der Waals surface area (Å²) in [7, 11) is 0. The summed E-state index contributed by atoms with van der Waals surface area (Å²) in [6.45, 7) is 1.28. The van der Waals surface area contributed by atoms with Crippen molar-refractivity contribution in [1.29, 1.82) is 0 Å². The van der Waals surface area contributed by atoms with Crippen molar-refractivity contribution in [3.05, 3.63) is 91.0 Å². The molecular formula is C29H25Cl2IN2O4. The number of amides is 2. The topological polar surface area (TPSA) is 76.7 Å². The molecule has 0 saturated carbocycles. The summed E-state index contributed by atoms with van der Waals surface area (Å²) in [4.78, 5) is 27.6. The van der Waals surface area contributed by atoms with Gasteiger partial charge in [-0.2, -0.15) is 0 Å².